The highest BCUT2D eigenvalue weighted by Gasteiger charge is 2.31. The molecular formula is C11H20BrNO4. The van der Waals surface area contributed by atoms with Gasteiger partial charge in [0.2, 0.25) is 0 Å². The zero-order valence-corrected chi connectivity index (χ0v) is 12.2. The summed E-state index contributed by atoms with van der Waals surface area (Å²) in [4.78, 5) is 22.8. The Hall–Kier alpha value is -0.780. The van der Waals surface area contributed by atoms with Crippen LogP contribution in [0.2, 0.25) is 0 Å². The van der Waals surface area contributed by atoms with E-state index in [1.807, 2.05) is 13.8 Å². The number of alkyl halides is 1. The zero-order chi connectivity index (χ0) is 13.4. The SMILES string of the molecule is CCOC(=O)N[C@@H](C(=O)OCC)[C@H](Br)C(C)C. The molecule has 5 nitrogen and oxygen atoms in total. The first-order chi connectivity index (χ1) is 7.93. The van der Waals surface area contributed by atoms with E-state index in [1.165, 1.54) is 0 Å². The van der Waals surface area contributed by atoms with Gasteiger partial charge in [-0.2, -0.15) is 0 Å². The number of alkyl carbamates (subject to hydrolysis) is 1. The minimum Gasteiger partial charge on any atom is -0.464 e. The van der Waals surface area contributed by atoms with Crippen LogP contribution in [-0.4, -0.2) is 36.1 Å². The van der Waals surface area contributed by atoms with Crippen molar-refractivity contribution in [3.63, 3.8) is 0 Å². The number of ether oxygens (including phenoxy) is 2. The van der Waals surface area contributed by atoms with Crippen LogP contribution in [0.25, 0.3) is 0 Å². The van der Waals surface area contributed by atoms with Crippen LogP contribution in [-0.2, 0) is 14.3 Å². The highest BCUT2D eigenvalue weighted by Crippen LogP contribution is 2.17. The smallest absolute Gasteiger partial charge is 0.407 e. The van der Waals surface area contributed by atoms with Gasteiger partial charge in [-0.1, -0.05) is 29.8 Å². The Labute approximate surface area is 110 Å². The summed E-state index contributed by atoms with van der Waals surface area (Å²) in [5.74, 6) is -0.289. The van der Waals surface area contributed by atoms with Gasteiger partial charge in [-0.05, 0) is 19.8 Å². The molecule has 0 unspecified atom stereocenters. The molecule has 0 rings (SSSR count). The van der Waals surface area contributed by atoms with Gasteiger partial charge in [0.25, 0.3) is 0 Å². The first-order valence-corrected chi connectivity index (χ1v) is 6.59. The van der Waals surface area contributed by atoms with E-state index in [9.17, 15) is 9.59 Å². The van der Waals surface area contributed by atoms with E-state index in [1.54, 1.807) is 13.8 Å². The molecule has 0 bridgehead atoms. The Kier molecular flexibility index (Phi) is 7.95. The van der Waals surface area contributed by atoms with Crippen LogP contribution in [0.4, 0.5) is 4.79 Å². The molecule has 0 heterocycles. The Bertz CT molecular complexity index is 258. The number of carbonyl (C=O) groups is 2. The topological polar surface area (TPSA) is 64.6 Å². The molecule has 0 aromatic heterocycles. The number of rotatable bonds is 6. The molecule has 0 fully saturated rings. The van der Waals surface area contributed by atoms with Crippen molar-refractivity contribution in [1.29, 1.82) is 0 Å². The molecule has 0 spiro atoms. The zero-order valence-electron chi connectivity index (χ0n) is 10.7. The third-order valence-corrected chi connectivity index (χ3v) is 3.63. The van der Waals surface area contributed by atoms with Gasteiger partial charge in [-0.3, -0.25) is 0 Å². The van der Waals surface area contributed by atoms with E-state index in [0.29, 0.717) is 0 Å². The van der Waals surface area contributed by atoms with Crippen LogP contribution in [0.15, 0.2) is 0 Å². The summed E-state index contributed by atoms with van der Waals surface area (Å²) in [6.07, 6.45) is -0.615. The fourth-order valence-electron chi connectivity index (χ4n) is 1.19. The van der Waals surface area contributed by atoms with Crippen LogP contribution in [0.1, 0.15) is 27.7 Å². The quantitative estimate of drug-likeness (QED) is 0.602. The molecule has 0 aromatic rings. The lowest BCUT2D eigenvalue weighted by Gasteiger charge is -2.24. The van der Waals surface area contributed by atoms with Gasteiger partial charge in [-0.25, -0.2) is 9.59 Å². The summed E-state index contributed by atoms with van der Waals surface area (Å²) in [6, 6.07) is -0.742. The summed E-state index contributed by atoms with van der Waals surface area (Å²) in [5, 5.41) is 2.50. The fourth-order valence-corrected chi connectivity index (χ4v) is 1.53. The highest BCUT2D eigenvalue weighted by molar-refractivity contribution is 9.09. The third kappa shape index (κ3) is 5.91. The maximum atomic E-state index is 11.7. The number of amides is 1. The molecule has 0 saturated carbocycles. The Balaban J connectivity index is 4.61. The van der Waals surface area contributed by atoms with E-state index in [2.05, 4.69) is 21.2 Å². The fraction of sp³-hybridized carbons (Fsp3) is 0.818. The molecule has 0 aliphatic carbocycles. The molecule has 17 heavy (non-hydrogen) atoms. The normalized spacial score (nSPS) is 14.0. The number of esters is 1. The Morgan fingerprint density at radius 1 is 1.18 bits per heavy atom. The van der Waals surface area contributed by atoms with Crippen LogP contribution >= 0.6 is 15.9 Å². The van der Waals surface area contributed by atoms with Gasteiger partial charge in [-0.15, -0.1) is 0 Å². The minimum absolute atomic E-state index is 0.173. The number of hydrogen-bond acceptors (Lipinski definition) is 4. The van der Waals surface area contributed by atoms with Crippen LogP contribution < -0.4 is 5.32 Å². The summed E-state index contributed by atoms with van der Waals surface area (Å²) in [7, 11) is 0. The lowest BCUT2D eigenvalue weighted by Crippen LogP contribution is -2.49. The molecule has 2 atom stereocenters. The van der Waals surface area contributed by atoms with E-state index >= 15 is 0 Å². The number of nitrogens with one attached hydrogen (secondary N) is 1. The highest BCUT2D eigenvalue weighted by atomic mass is 79.9. The maximum Gasteiger partial charge on any atom is 0.407 e. The van der Waals surface area contributed by atoms with Gasteiger partial charge < -0.3 is 14.8 Å². The lowest BCUT2D eigenvalue weighted by atomic mass is 10.0. The first-order valence-electron chi connectivity index (χ1n) is 5.67. The molecule has 0 saturated heterocycles. The molecule has 0 aliphatic heterocycles. The second-order valence-corrected chi connectivity index (χ2v) is 4.84. The maximum absolute atomic E-state index is 11.7. The second kappa shape index (κ2) is 8.33. The monoisotopic (exact) mass is 309 g/mol. The van der Waals surface area contributed by atoms with E-state index in [-0.39, 0.29) is 24.0 Å². The van der Waals surface area contributed by atoms with E-state index in [0.717, 1.165) is 0 Å². The predicted molar refractivity (Wildman–Crippen MR) is 68.1 cm³/mol. The number of hydrogen-bond donors (Lipinski definition) is 1. The predicted octanol–water partition coefficient (Wildman–Crippen LogP) is 2.08. The molecule has 1 amide bonds. The standard InChI is InChI=1S/C11H20BrNO4/c1-5-16-10(14)9(8(12)7(3)4)13-11(15)17-6-2/h7-9H,5-6H2,1-4H3,(H,13,15)/t8-,9-/m1/s1. The summed E-state index contributed by atoms with van der Waals surface area (Å²) < 4.78 is 9.67. The van der Waals surface area contributed by atoms with Gasteiger partial charge in [0, 0.05) is 4.83 Å². The molecule has 0 aromatic carbocycles. The van der Waals surface area contributed by atoms with Crippen molar-refractivity contribution in [2.24, 2.45) is 5.92 Å². The number of halogens is 1. The van der Waals surface area contributed by atoms with E-state index in [4.69, 9.17) is 9.47 Å². The Morgan fingerprint density at radius 2 is 1.71 bits per heavy atom. The van der Waals surface area contributed by atoms with Gasteiger partial charge in [0.15, 0.2) is 0 Å². The van der Waals surface area contributed by atoms with E-state index < -0.39 is 18.1 Å². The second-order valence-electron chi connectivity index (χ2n) is 3.78. The van der Waals surface area contributed by atoms with Crippen molar-refractivity contribution >= 4 is 28.0 Å². The molecule has 100 valence electrons. The molecule has 6 heteroatoms. The van der Waals surface area contributed by atoms with Crippen molar-refractivity contribution in [3.05, 3.63) is 0 Å². The lowest BCUT2D eigenvalue weighted by molar-refractivity contribution is -0.145. The number of carbonyl (C=O) groups excluding carboxylic acids is 2. The van der Waals surface area contributed by atoms with Crippen LogP contribution in [0, 0.1) is 5.92 Å². The van der Waals surface area contributed by atoms with Crippen LogP contribution in [0.3, 0.4) is 0 Å². The summed E-state index contributed by atoms with van der Waals surface area (Å²) >= 11 is 3.39. The Morgan fingerprint density at radius 3 is 2.12 bits per heavy atom. The summed E-state index contributed by atoms with van der Waals surface area (Å²) in [5.41, 5.74) is 0. The summed E-state index contributed by atoms with van der Waals surface area (Å²) in [6.45, 7) is 7.84. The third-order valence-electron chi connectivity index (χ3n) is 2.04. The average Bonchev–Trinajstić information content (AvgIpc) is 2.25. The van der Waals surface area contributed by atoms with Crippen LogP contribution in [0.5, 0.6) is 0 Å². The molecular weight excluding hydrogens is 290 g/mol. The minimum atomic E-state index is -0.742. The molecule has 0 aliphatic rings. The largest absolute Gasteiger partial charge is 0.464 e. The van der Waals surface area contributed by atoms with Gasteiger partial charge in [0.05, 0.1) is 13.2 Å². The molecule has 1 N–H and O–H groups in total. The van der Waals surface area contributed by atoms with Crippen molar-refractivity contribution in [1.82, 2.24) is 5.32 Å². The average molecular weight is 310 g/mol. The van der Waals surface area contributed by atoms with Crippen molar-refractivity contribution < 1.29 is 19.1 Å². The van der Waals surface area contributed by atoms with Crippen molar-refractivity contribution in [2.75, 3.05) is 13.2 Å². The van der Waals surface area contributed by atoms with Gasteiger partial charge in [0.1, 0.15) is 6.04 Å². The first kappa shape index (κ1) is 16.2. The molecule has 0 radical (unpaired) electrons. The van der Waals surface area contributed by atoms with Gasteiger partial charge >= 0.3 is 12.1 Å². The van der Waals surface area contributed by atoms with Crippen molar-refractivity contribution in [2.45, 2.75) is 38.6 Å². The van der Waals surface area contributed by atoms with Crippen molar-refractivity contribution in [3.8, 4) is 0 Å².